The molecule has 1 N–H and O–H groups in total. The van der Waals surface area contributed by atoms with E-state index in [0.717, 1.165) is 11.1 Å². The van der Waals surface area contributed by atoms with Crippen molar-refractivity contribution in [3.63, 3.8) is 0 Å². The lowest BCUT2D eigenvalue weighted by atomic mass is 10.1. The topological polar surface area (TPSA) is 103 Å². The molecule has 28 heavy (non-hydrogen) atoms. The molecule has 0 radical (unpaired) electrons. The lowest BCUT2D eigenvalue weighted by Gasteiger charge is -2.09. The minimum absolute atomic E-state index is 0.0477. The van der Waals surface area contributed by atoms with Gasteiger partial charge in [0.1, 0.15) is 0 Å². The third-order valence-corrected chi connectivity index (χ3v) is 4.80. The van der Waals surface area contributed by atoms with E-state index in [1.165, 1.54) is 23.9 Å². The number of nitrogens with zero attached hydrogens (tertiary/aromatic N) is 2. The molecule has 0 aliphatic carbocycles. The predicted molar refractivity (Wildman–Crippen MR) is 109 cm³/mol. The second-order valence-corrected chi connectivity index (χ2v) is 6.70. The van der Waals surface area contributed by atoms with Gasteiger partial charge in [0.05, 0.1) is 30.6 Å². The number of thioether (sulfide) groups is 1. The first-order valence-electron chi connectivity index (χ1n) is 8.31. The van der Waals surface area contributed by atoms with Crippen molar-refractivity contribution in [3.05, 3.63) is 63.7 Å². The molecule has 9 heteroatoms. The standard InChI is InChI=1S/C19H21N3O5S/c1-13(15-6-9-17(26-2)18(10-15)27-3)20-21-19(23)12-28-11-14-4-7-16(8-5-14)22(24)25/h4-10H,11-12H2,1-3H3,(H,21,23)/b20-13-. The lowest BCUT2D eigenvalue weighted by molar-refractivity contribution is -0.384. The van der Waals surface area contributed by atoms with Gasteiger partial charge >= 0.3 is 0 Å². The van der Waals surface area contributed by atoms with Crippen LogP contribution in [-0.2, 0) is 10.5 Å². The molecule has 0 saturated heterocycles. The Morgan fingerprint density at radius 2 is 1.82 bits per heavy atom. The van der Waals surface area contributed by atoms with Crippen LogP contribution >= 0.6 is 11.8 Å². The molecular weight excluding hydrogens is 382 g/mol. The Labute approximate surface area is 167 Å². The first-order valence-corrected chi connectivity index (χ1v) is 9.46. The molecule has 0 unspecified atom stereocenters. The fourth-order valence-electron chi connectivity index (χ4n) is 2.28. The van der Waals surface area contributed by atoms with Crippen LogP contribution in [0.15, 0.2) is 47.6 Å². The number of non-ortho nitro benzene ring substituents is 1. The van der Waals surface area contributed by atoms with E-state index in [0.29, 0.717) is 23.0 Å². The summed E-state index contributed by atoms with van der Waals surface area (Å²) in [4.78, 5) is 22.2. The van der Waals surface area contributed by atoms with Crippen molar-refractivity contribution in [1.82, 2.24) is 5.43 Å². The smallest absolute Gasteiger partial charge is 0.269 e. The number of rotatable bonds is 9. The molecule has 0 aromatic heterocycles. The van der Waals surface area contributed by atoms with Gasteiger partial charge in [0.2, 0.25) is 5.91 Å². The fraction of sp³-hybridized carbons (Fsp3) is 0.263. The van der Waals surface area contributed by atoms with Crippen LogP contribution < -0.4 is 14.9 Å². The molecule has 0 aliphatic heterocycles. The minimum Gasteiger partial charge on any atom is -0.493 e. The molecule has 1 amide bonds. The third-order valence-electron chi connectivity index (χ3n) is 3.80. The summed E-state index contributed by atoms with van der Waals surface area (Å²) < 4.78 is 10.5. The summed E-state index contributed by atoms with van der Waals surface area (Å²) in [6.45, 7) is 1.78. The van der Waals surface area contributed by atoms with E-state index in [-0.39, 0.29) is 17.3 Å². The molecule has 0 atom stereocenters. The summed E-state index contributed by atoms with van der Waals surface area (Å²) in [5.41, 5.74) is 4.92. The zero-order chi connectivity index (χ0) is 20.5. The number of carbonyl (C=O) groups excluding carboxylic acids is 1. The summed E-state index contributed by atoms with van der Waals surface area (Å²) in [6, 6.07) is 11.7. The number of hydrazone groups is 1. The molecule has 0 spiro atoms. The largest absolute Gasteiger partial charge is 0.493 e. The maximum Gasteiger partial charge on any atom is 0.269 e. The fourth-order valence-corrected chi connectivity index (χ4v) is 3.06. The average molecular weight is 403 g/mol. The van der Waals surface area contributed by atoms with Gasteiger partial charge in [-0.2, -0.15) is 5.10 Å². The van der Waals surface area contributed by atoms with Crippen LogP contribution in [0.25, 0.3) is 0 Å². The molecule has 0 fully saturated rings. The van der Waals surface area contributed by atoms with Crippen molar-refractivity contribution in [2.75, 3.05) is 20.0 Å². The number of hydrogen-bond donors (Lipinski definition) is 1. The van der Waals surface area contributed by atoms with Crippen LogP contribution in [0.4, 0.5) is 5.69 Å². The highest BCUT2D eigenvalue weighted by Gasteiger charge is 2.08. The van der Waals surface area contributed by atoms with Gasteiger partial charge in [-0.15, -0.1) is 11.8 Å². The molecule has 2 rings (SSSR count). The summed E-state index contributed by atoms with van der Waals surface area (Å²) in [6.07, 6.45) is 0. The third kappa shape index (κ3) is 5.98. The van der Waals surface area contributed by atoms with Crippen LogP contribution in [0.3, 0.4) is 0 Å². The molecule has 0 bridgehead atoms. The van der Waals surface area contributed by atoms with E-state index < -0.39 is 4.92 Å². The van der Waals surface area contributed by atoms with Crippen LogP contribution in [0, 0.1) is 10.1 Å². The predicted octanol–water partition coefficient (Wildman–Crippen LogP) is 3.39. The molecular formula is C19H21N3O5S. The number of carbonyl (C=O) groups is 1. The van der Waals surface area contributed by atoms with Gasteiger partial charge in [-0.1, -0.05) is 12.1 Å². The lowest BCUT2D eigenvalue weighted by Crippen LogP contribution is -2.21. The van der Waals surface area contributed by atoms with Gasteiger partial charge in [0, 0.05) is 23.4 Å². The summed E-state index contributed by atoms with van der Waals surface area (Å²) in [5.74, 6) is 1.76. The number of nitro groups is 1. The summed E-state index contributed by atoms with van der Waals surface area (Å²) >= 11 is 1.40. The number of ether oxygens (including phenoxy) is 2. The first kappa shape index (κ1) is 21.2. The number of nitrogens with one attached hydrogen (secondary N) is 1. The molecule has 2 aromatic carbocycles. The van der Waals surface area contributed by atoms with E-state index in [4.69, 9.17) is 9.47 Å². The Balaban J connectivity index is 1.84. The minimum atomic E-state index is -0.441. The average Bonchev–Trinajstić information content (AvgIpc) is 2.71. The highest BCUT2D eigenvalue weighted by Crippen LogP contribution is 2.27. The van der Waals surface area contributed by atoms with Gasteiger partial charge in [-0.25, -0.2) is 5.43 Å². The van der Waals surface area contributed by atoms with Crippen molar-refractivity contribution >= 4 is 29.1 Å². The quantitative estimate of drug-likeness (QED) is 0.391. The van der Waals surface area contributed by atoms with Gasteiger partial charge in [-0.3, -0.25) is 14.9 Å². The van der Waals surface area contributed by atoms with Gasteiger partial charge in [0.25, 0.3) is 5.69 Å². The van der Waals surface area contributed by atoms with Crippen LogP contribution in [0.1, 0.15) is 18.1 Å². The zero-order valence-electron chi connectivity index (χ0n) is 15.8. The molecule has 2 aromatic rings. The number of amides is 1. The Morgan fingerprint density at radius 1 is 1.14 bits per heavy atom. The highest BCUT2D eigenvalue weighted by molar-refractivity contribution is 7.99. The number of nitro benzene ring substituents is 1. The van der Waals surface area contributed by atoms with Crippen LogP contribution in [0.2, 0.25) is 0 Å². The molecule has 0 heterocycles. The van der Waals surface area contributed by atoms with Crippen molar-refractivity contribution in [3.8, 4) is 11.5 Å². The van der Waals surface area contributed by atoms with Gasteiger partial charge < -0.3 is 9.47 Å². The monoisotopic (exact) mass is 403 g/mol. The Bertz CT molecular complexity index is 868. The van der Waals surface area contributed by atoms with E-state index in [9.17, 15) is 14.9 Å². The van der Waals surface area contributed by atoms with Crippen molar-refractivity contribution in [1.29, 1.82) is 0 Å². The van der Waals surface area contributed by atoms with Crippen LogP contribution in [0.5, 0.6) is 11.5 Å². The Hall–Kier alpha value is -3.07. The number of hydrogen-bond acceptors (Lipinski definition) is 7. The van der Waals surface area contributed by atoms with Crippen LogP contribution in [-0.4, -0.2) is 36.5 Å². The second-order valence-electron chi connectivity index (χ2n) is 5.72. The van der Waals surface area contributed by atoms with E-state index in [1.807, 2.05) is 6.07 Å². The molecule has 8 nitrogen and oxygen atoms in total. The SMILES string of the molecule is COc1ccc(/C(C)=N\NC(=O)CSCc2ccc([N+](=O)[O-])cc2)cc1OC. The van der Waals surface area contributed by atoms with E-state index >= 15 is 0 Å². The number of methoxy groups -OCH3 is 2. The van der Waals surface area contributed by atoms with E-state index in [2.05, 4.69) is 10.5 Å². The van der Waals surface area contributed by atoms with Crippen molar-refractivity contribution in [2.45, 2.75) is 12.7 Å². The van der Waals surface area contributed by atoms with E-state index in [1.54, 1.807) is 45.4 Å². The van der Waals surface area contributed by atoms with Gasteiger partial charge in [-0.05, 0) is 30.7 Å². The summed E-state index contributed by atoms with van der Waals surface area (Å²) in [7, 11) is 3.12. The van der Waals surface area contributed by atoms with Crippen molar-refractivity contribution < 1.29 is 19.2 Å². The summed E-state index contributed by atoms with van der Waals surface area (Å²) in [5, 5.41) is 14.7. The molecule has 148 valence electrons. The second kappa shape index (κ2) is 10.3. The zero-order valence-corrected chi connectivity index (χ0v) is 16.6. The van der Waals surface area contributed by atoms with Crippen molar-refractivity contribution in [2.24, 2.45) is 5.10 Å². The molecule has 0 aliphatic rings. The number of benzene rings is 2. The van der Waals surface area contributed by atoms with Gasteiger partial charge in [0.15, 0.2) is 11.5 Å². The maximum absolute atomic E-state index is 12.0. The maximum atomic E-state index is 12.0. The first-order chi connectivity index (χ1) is 13.4. The Kier molecular flexibility index (Phi) is 7.82. The highest BCUT2D eigenvalue weighted by atomic mass is 32.2. The normalized spacial score (nSPS) is 11.0. The molecule has 0 saturated carbocycles. The Morgan fingerprint density at radius 3 is 2.43 bits per heavy atom.